The molecule has 1 aliphatic carbocycles. The molecule has 7 N–H and O–H groups in total. The Kier molecular flexibility index (Phi) is 6.93. The molecule has 5 rings (SSSR count). The molecule has 208 valence electrons. The number of aliphatic hydroxyl groups is 1. The van der Waals surface area contributed by atoms with Crippen molar-refractivity contribution in [3.63, 3.8) is 0 Å². The van der Waals surface area contributed by atoms with E-state index >= 15 is 0 Å². The van der Waals surface area contributed by atoms with Gasteiger partial charge in [0, 0.05) is 52.0 Å². The van der Waals surface area contributed by atoms with Gasteiger partial charge in [-0.25, -0.2) is 15.8 Å². The van der Waals surface area contributed by atoms with Gasteiger partial charge in [0.25, 0.3) is 0 Å². The predicted octanol–water partition coefficient (Wildman–Crippen LogP) is 4.43. The van der Waals surface area contributed by atoms with Crippen LogP contribution in [0.2, 0.25) is 0 Å². The number of carbonyl (C=O) groups is 1. The highest BCUT2D eigenvalue weighted by Crippen LogP contribution is 2.53. The van der Waals surface area contributed by atoms with Gasteiger partial charge >= 0.3 is 0 Å². The molecule has 0 saturated heterocycles. The van der Waals surface area contributed by atoms with Crippen molar-refractivity contribution in [2.24, 2.45) is 16.7 Å². The summed E-state index contributed by atoms with van der Waals surface area (Å²) in [4.78, 5) is 14.5. The van der Waals surface area contributed by atoms with E-state index in [1.54, 1.807) is 6.92 Å². The molecule has 2 aliphatic rings. The first-order chi connectivity index (χ1) is 18.3. The van der Waals surface area contributed by atoms with Gasteiger partial charge in [-0.1, -0.05) is 44.7 Å². The van der Waals surface area contributed by atoms with Crippen LogP contribution in [0.25, 0.3) is 10.9 Å². The number of amidine groups is 1. The van der Waals surface area contributed by atoms with Gasteiger partial charge in [-0.2, -0.15) is 5.10 Å². The zero-order valence-corrected chi connectivity index (χ0v) is 23.7. The first-order valence-corrected chi connectivity index (χ1v) is 14.1. The minimum absolute atomic E-state index is 0.0398. The van der Waals surface area contributed by atoms with E-state index in [1.807, 2.05) is 36.4 Å². The lowest BCUT2D eigenvalue weighted by atomic mass is 9.92. The summed E-state index contributed by atoms with van der Waals surface area (Å²) in [5.41, 5.74) is 11.9. The van der Waals surface area contributed by atoms with Crippen molar-refractivity contribution in [2.45, 2.75) is 86.8 Å². The Morgan fingerprint density at radius 3 is 2.64 bits per heavy atom. The van der Waals surface area contributed by atoms with Crippen LogP contribution in [0, 0.1) is 0 Å². The van der Waals surface area contributed by atoms with E-state index in [9.17, 15) is 14.3 Å². The predicted molar refractivity (Wildman–Crippen MR) is 155 cm³/mol. The first-order valence-electron chi connectivity index (χ1n) is 13.2. The van der Waals surface area contributed by atoms with Crippen LogP contribution in [0.4, 0.5) is 10.1 Å². The SMILES string of the molecule is CC1(F)Cc2ccc(C3(C(=O)Nc4ccc5c(c4)cc(C(C)(C)C)n5CC(O)C/C(N)=N/NN)CC3)cc2S1. The van der Waals surface area contributed by atoms with Crippen LogP contribution in [0.1, 0.15) is 63.8 Å². The Morgan fingerprint density at radius 1 is 1.23 bits per heavy atom. The second-order valence-electron chi connectivity index (χ2n) is 12.0. The van der Waals surface area contributed by atoms with Crippen LogP contribution in [0.15, 0.2) is 52.5 Å². The van der Waals surface area contributed by atoms with Crippen molar-refractivity contribution >= 4 is 40.1 Å². The molecule has 2 atom stereocenters. The fourth-order valence-electron chi connectivity index (χ4n) is 5.53. The monoisotopic (exact) mass is 552 g/mol. The number of alkyl halides is 1. The van der Waals surface area contributed by atoms with Crippen molar-refractivity contribution in [3.8, 4) is 0 Å². The molecule has 0 bridgehead atoms. The Morgan fingerprint density at radius 2 is 1.97 bits per heavy atom. The van der Waals surface area contributed by atoms with E-state index < -0.39 is 16.5 Å². The molecule has 1 amide bonds. The minimum atomic E-state index is -1.30. The molecular weight excluding hydrogens is 515 g/mol. The van der Waals surface area contributed by atoms with E-state index in [4.69, 9.17) is 11.6 Å². The zero-order chi connectivity index (χ0) is 28.2. The van der Waals surface area contributed by atoms with E-state index in [0.29, 0.717) is 18.7 Å². The van der Waals surface area contributed by atoms with Gasteiger partial charge in [0.1, 0.15) is 5.84 Å². The van der Waals surface area contributed by atoms with E-state index in [1.165, 1.54) is 11.8 Å². The molecular formula is C29H37FN6O2S. The number of halogens is 1. The quantitative estimate of drug-likeness (QED) is 0.122. The maximum Gasteiger partial charge on any atom is 0.235 e. The number of hydrazone groups is 1. The Labute approximate surface area is 232 Å². The molecule has 3 aromatic rings. The lowest BCUT2D eigenvalue weighted by Crippen LogP contribution is -2.29. The molecule has 1 aromatic heterocycles. The fraction of sp³-hybridized carbons (Fsp3) is 0.448. The Balaban J connectivity index is 1.39. The largest absolute Gasteiger partial charge is 0.391 e. The standard InChI is InChI=1S/C29H37FN6O2S/c1-27(2,3)24-12-18-11-20(7-8-22(18)36(24)16-21(37)14-25(31)34-35-32)33-26(38)29(9-10-29)19-6-5-17-15-28(4,30)39-23(17)13-19/h5-8,11-13,21,35,37H,9-10,14-16,32H2,1-4H3,(H2,31,34)(H,33,38). The number of hydrogen-bond acceptors (Lipinski definition) is 6. The molecule has 1 aliphatic heterocycles. The molecule has 39 heavy (non-hydrogen) atoms. The number of carbonyl (C=O) groups excluding carboxylic acids is 1. The number of fused-ring (bicyclic) bond motifs is 2. The number of amides is 1. The number of nitrogens with one attached hydrogen (secondary N) is 2. The summed E-state index contributed by atoms with van der Waals surface area (Å²) in [6.45, 7) is 8.31. The Bertz CT molecular complexity index is 1450. The van der Waals surface area contributed by atoms with Crippen molar-refractivity contribution < 1.29 is 14.3 Å². The van der Waals surface area contributed by atoms with Crippen molar-refractivity contribution in [1.29, 1.82) is 0 Å². The normalized spacial score (nSPS) is 21.1. The number of hydrazine groups is 1. The van der Waals surface area contributed by atoms with Crippen LogP contribution >= 0.6 is 11.8 Å². The van der Waals surface area contributed by atoms with Crippen LogP contribution < -0.4 is 22.4 Å². The van der Waals surface area contributed by atoms with E-state index in [2.05, 4.69) is 47.4 Å². The molecule has 1 fully saturated rings. The summed E-state index contributed by atoms with van der Waals surface area (Å²) in [5.74, 6) is 5.37. The average Bonchev–Trinajstić information content (AvgIpc) is 3.48. The maximum absolute atomic E-state index is 14.5. The molecule has 0 spiro atoms. The van der Waals surface area contributed by atoms with Gasteiger partial charge in [0.05, 0.1) is 11.5 Å². The highest BCUT2D eigenvalue weighted by Gasteiger charge is 2.52. The number of nitrogens with two attached hydrogens (primary N) is 2. The fourth-order valence-corrected chi connectivity index (χ4v) is 6.68. The lowest BCUT2D eigenvalue weighted by molar-refractivity contribution is -0.118. The molecule has 2 unspecified atom stereocenters. The van der Waals surface area contributed by atoms with Gasteiger partial charge in [0.2, 0.25) is 5.91 Å². The van der Waals surface area contributed by atoms with Crippen LogP contribution in [0.3, 0.4) is 0 Å². The van der Waals surface area contributed by atoms with Gasteiger partial charge < -0.3 is 20.7 Å². The molecule has 2 aromatic carbocycles. The highest BCUT2D eigenvalue weighted by molar-refractivity contribution is 8.00. The number of benzene rings is 2. The average molecular weight is 553 g/mol. The minimum Gasteiger partial charge on any atom is -0.391 e. The van der Waals surface area contributed by atoms with Crippen molar-refractivity contribution in [1.82, 2.24) is 10.1 Å². The topological polar surface area (TPSA) is 131 Å². The second-order valence-corrected chi connectivity index (χ2v) is 13.5. The molecule has 8 nitrogen and oxygen atoms in total. The molecule has 1 saturated carbocycles. The van der Waals surface area contributed by atoms with Crippen molar-refractivity contribution in [2.75, 3.05) is 5.32 Å². The first kappa shape index (κ1) is 27.5. The number of thioether (sulfide) groups is 1. The smallest absolute Gasteiger partial charge is 0.235 e. The number of rotatable bonds is 8. The third kappa shape index (κ3) is 5.50. The Hall–Kier alpha value is -3.08. The van der Waals surface area contributed by atoms with Crippen LogP contribution in [0.5, 0.6) is 0 Å². The number of hydrogen-bond donors (Lipinski definition) is 5. The van der Waals surface area contributed by atoms with Gasteiger partial charge in [-0.05, 0) is 61.2 Å². The van der Waals surface area contributed by atoms with Crippen molar-refractivity contribution in [3.05, 3.63) is 59.3 Å². The summed E-state index contributed by atoms with van der Waals surface area (Å²) in [6.07, 6.45) is 1.35. The number of anilines is 1. The highest BCUT2D eigenvalue weighted by atomic mass is 32.2. The van der Waals surface area contributed by atoms with Gasteiger partial charge in [-0.3, -0.25) is 4.79 Å². The summed E-state index contributed by atoms with van der Waals surface area (Å²) in [7, 11) is 0. The summed E-state index contributed by atoms with van der Waals surface area (Å²) in [5, 5.41) is 17.2. The third-order valence-electron chi connectivity index (χ3n) is 7.61. The van der Waals surface area contributed by atoms with E-state index in [0.717, 1.165) is 45.5 Å². The summed E-state index contributed by atoms with van der Waals surface area (Å²) in [6, 6.07) is 13.9. The second kappa shape index (κ2) is 9.83. The molecule has 0 radical (unpaired) electrons. The number of nitrogens with zero attached hydrogens (tertiary/aromatic N) is 2. The zero-order valence-electron chi connectivity index (χ0n) is 22.8. The number of aromatic nitrogens is 1. The number of aliphatic hydroxyl groups excluding tert-OH is 1. The van der Waals surface area contributed by atoms with E-state index in [-0.39, 0.29) is 23.6 Å². The van der Waals surface area contributed by atoms with Gasteiger partial charge in [-0.15, -0.1) is 0 Å². The summed E-state index contributed by atoms with van der Waals surface area (Å²) < 4.78 is 16.6. The lowest BCUT2D eigenvalue weighted by Gasteiger charge is -2.23. The molecule has 2 heterocycles. The summed E-state index contributed by atoms with van der Waals surface area (Å²) >= 11 is 1.24. The van der Waals surface area contributed by atoms with Crippen LogP contribution in [-0.4, -0.2) is 32.5 Å². The third-order valence-corrected chi connectivity index (χ3v) is 8.78. The van der Waals surface area contributed by atoms with Gasteiger partial charge in [0.15, 0.2) is 5.00 Å². The molecule has 10 heteroatoms. The maximum atomic E-state index is 14.5. The van der Waals surface area contributed by atoms with Crippen LogP contribution in [-0.2, 0) is 28.6 Å².